The van der Waals surface area contributed by atoms with Crippen LogP contribution in [0, 0.1) is 0 Å². The number of nitrogens with one attached hydrogen (secondary N) is 2. The van der Waals surface area contributed by atoms with E-state index in [9.17, 15) is 19.2 Å². The Morgan fingerprint density at radius 2 is 1.68 bits per heavy atom. The molecule has 3 atom stereocenters. The predicted molar refractivity (Wildman–Crippen MR) is 100 cm³/mol. The Labute approximate surface area is 163 Å². The van der Waals surface area contributed by atoms with Crippen LogP contribution in [0.4, 0.5) is 0 Å². The second-order valence-corrected chi connectivity index (χ2v) is 7.99. The molecule has 1 aromatic carbocycles. The van der Waals surface area contributed by atoms with Gasteiger partial charge in [0.1, 0.15) is 6.04 Å². The third-order valence-corrected chi connectivity index (χ3v) is 5.54. The highest BCUT2D eigenvalue weighted by Crippen LogP contribution is 2.28. The van der Waals surface area contributed by atoms with Gasteiger partial charge in [-0.15, -0.1) is 0 Å². The molecule has 8 heteroatoms. The third-order valence-electron chi connectivity index (χ3n) is 5.54. The number of hydrogen-bond donors (Lipinski definition) is 2. The first kappa shape index (κ1) is 18.8. The minimum Gasteiger partial charge on any atom is -0.309 e. The van der Waals surface area contributed by atoms with Crippen LogP contribution in [0.1, 0.15) is 53.0 Å². The number of hydrogen-bond acceptors (Lipinski definition) is 6. The summed E-state index contributed by atoms with van der Waals surface area (Å²) >= 11 is 0. The quantitative estimate of drug-likeness (QED) is 0.726. The van der Waals surface area contributed by atoms with Crippen molar-refractivity contribution in [3.8, 4) is 0 Å². The van der Waals surface area contributed by atoms with Crippen LogP contribution in [0.15, 0.2) is 18.2 Å². The Hall–Kier alpha value is -2.58. The summed E-state index contributed by atoms with van der Waals surface area (Å²) in [5.74, 6) is -1.89. The highest BCUT2D eigenvalue weighted by molar-refractivity contribution is 6.23. The van der Waals surface area contributed by atoms with E-state index in [0.717, 1.165) is 23.6 Å². The Morgan fingerprint density at radius 3 is 2.36 bits per heavy atom. The van der Waals surface area contributed by atoms with Crippen LogP contribution < -0.4 is 10.6 Å². The van der Waals surface area contributed by atoms with Crippen molar-refractivity contribution in [2.24, 2.45) is 0 Å². The Bertz CT molecular complexity index is 858. The van der Waals surface area contributed by atoms with Gasteiger partial charge in [-0.05, 0) is 38.0 Å². The number of imide groups is 2. The summed E-state index contributed by atoms with van der Waals surface area (Å²) in [7, 11) is 0. The van der Waals surface area contributed by atoms with Crippen molar-refractivity contribution in [2.45, 2.75) is 51.4 Å². The SMILES string of the molecule is CC1CN(Cc2ccc3c(c2)C(=O)N(C2CCC(=O)NC2=O)C3=O)CC(C)N1. The number of benzene rings is 1. The molecule has 3 heterocycles. The first-order chi connectivity index (χ1) is 13.3. The average molecular weight is 384 g/mol. The van der Waals surface area contributed by atoms with Crippen molar-refractivity contribution < 1.29 is 19.2 Å². The van der Waals surface area contributed by atoms with Crippen LogP contribution in [0.2, 0.25) is 0 Å². The van der Waals surface area contributed by atoms with Gasteiger partial charge < -0.3 is 5.32 Å². The van der Waals surface area contributed by atoms with Gasteiger partial charge >= 0.3 is 0 Å². The minimum absolute atomic E-state index is 0.119. The number of piperazine rings is 1. The Balaban J connectivity index is 1.54. The molecule has 0 spiro atoms. The fourth-order valence-corrected chi connectivity index (χ4v) is 4.44. The molecule has 2 saturated heterocycles. The molecule has 0 saturated carbocycles. The van der Waals surface area contributed by atoms with Gasteiger partial charge in [0.25, 0.3) is 11.8 Å². The number of carbonyl (C=O) groups excluding carboxylic acids is 4. The molecular weight excluding hydrogens is 360 g/mol. The molecule has 2 fully saturated rings. The van der Waals surface area contributed by atoms with Gasteiger partial charge in [-0.25, -0.2) is 0 Å². The zero-order valence-electron chi connectivity index (χ0n) is 16.0. The lowest BCUT2D eigenvalue weighted by atomic mass is 10.0. The number of rotatable bonds is 3. The predicted octanol–water partition coefficient (Wildman–Crippen LogP) is 0.270. The van der Waals surface area contributed by atoms with Crippen molar-refractivity contribution in [2.75, 3.05) is 13.1 Å². The van der Waals surface area contributed by atoms with Gasteiger partial charge in [-0.3, -0.25) is 34.3 Å². The summed E-state index contributed by atoms with van der Waals surface area (Å²) in [5, 5.41) is 5.70. The first-order valence-corrected chi connectivity index (χ1v) is 9.66. The number of nitrogens with zero attached hydrogens (tertiary/aromatic N) is 2. The summed E-state index contributed by atoms with van der Waals surface area (Å²) in [5.41, 5.74) is 1.62. The molecule has 3 unspecified atom stereocenters. The van der Waals surface area contributed by atoms with Crippen LogP contribution in [-0.2, 0) is 16.1 Å². The lowest BCUT2D eigenvalue weighted by molar-refractivity contribution is -0.136. The molecule has 2 N–H and O–H groups in total. The summed E-state index contributed by atoms with van der Waals surface area (Å²) in [6.07, 6.45) is 0.286. The molecule has 28 heavy (non-hydrogen) atoms. The fraction of sp³-hybridized carbons (Fsp3) is 0.500. The maximum Gasteiger partial charge on any atom is 0.262 e. The number of piperidine rings is 1. The van der Waals surface area contributed by atoms with Crippen molar-refractivity contribution >= 4 is 23.6 Å². The summed E-state index contributed by atoms with van der Waals surface area (Å²) in [4.78, 5) is 52.5. The van der Waals surface area contributed by atoms with Crippen molar-refractivity contribution in [3.63, 3.8) is 0 Å². The second kappa shape index (κ2) is 7.10. The van der Waals surface area contributed by atoms with E-state index >= 15 is 0 Å². The number of amides is 4. The first-order valence-electron chi connectivity index (χ1n) is 9.66. The lowest BCUT2D eigenvalue weighted by Gasteiger charge is -2.36. The zero-order chi connectivity index (χ0) is 20.0. The van der Waals surface area contributed by atoms with Crippen LogP contribution in [0.5, 0.6) is 0 Å². The molecule has 4 amide bonds. The molecule has 0 aromatic heterocycles. The van der Waals surface area contributed by atoms with Gasteiger partial charge in [-0.2, -0.15) is 0 Å². The van der Waals surface area contributed by atoms with Crippen LogP contribution in [0.25, 0.3) is 0 Å². The van der Waals surface area contributed by atoms with Crippen LogP contribution >= 0.6 is 0 Å². The van der Waals surface area contributed by atoms with E-state index in [1.165, 1.54) is 0 Å². The van der Waals surface area contributed by atoms with Crippen molar-refractivity contribution in [3.05, 3.63) is 34.9 Å². The normalized spacial score (nSPS) is 28.5. The number of fused-ring (bicyclic) bond motifs is 1. The molecular formula is C20H24N4O4. The van der Waals surface area contributed by atoms with Gasteiger partial charge in [0.2, 0.25) is 11.8 Å². The van der Waals surface area contributed by atoms with E-state index in [1.54, 1.807) is 12.1 Å². The highest BCUT2D eigenvalue weighted by Gasteiger charge is 2.44. The Morgan fingerprint density at radius 1 is 1.00 bits per heavy atom. The largest absolute Gasteiger partial charge is 0.309 e. The standard InChI is InChI=1S/C20H24N4O4/c1-11-8-23(9-12(2)21-11)10-13-3-4-14-15(7-13)20(28)24(19(14)27)16-5-6-17(25)22-18(16)26/h3-4,7,11-12,16,21H,5-6,8-10H2,1-2H3,(H,22,25,26). The van der Waals surface area contributed by atoms with E-state index in [4.69, 9.17) is 0 Å². The van der Waals surface area contributed by atoms with Crippen LogP contribution in [0.3, 0.4) is 0 Å². The zero-order valence-corrected chi connectivity index (χ0v) is 16.0. The summed E-state index contributed by atoms with van der Waals surface area (Å²) in [6, 6.07) is 5.16. The molecule has 8 nitrogen and oxygen atoms in total. The maximum absolute atomic E-state index is 12.9. The van der Waals surface area contributed by atoms with Crippen molar-refractivity contribution in [1.82, 2.24) is 20.4 Å². The molecule has 1 aromatic rings. The third kappa shape index (κ3) is 3.33. The van der Waals surface area contributed by atoms with E-state index < -0.39 is 23.8 Å². The van der Waals surface area contributed by atoms with Gasteiger partial charge in [0.15, 0.2) is 0 Å². The van der Waals surface area contributed by atoms with E-state index in [0.29, 0.717) is 29.8 Å². The molecule has 0 radical (unpaired) electrons. The number of carbonyl (C=O) groups is 4. The van der Waals surface area contributed by atoms with Gasteiger partial charge in [0, 0.05) is 38.1 Å². The Kier molecular flexibility index (Phi) is 4.76. The summed E-state index contributed by atoms with van der Waals surface area (Å²) in [6.45, 7) is 6.81. The fourth-order valence-electron chi connectivity index (χ4n) is 4.44. The molecule has 3 aliphatic heterocycles. The lowest BCUT2D eigenvalue weighted by Crippen LogP contribution is -2.54. The average Bonchev–Trinajstić information content (AvgIpc) is 2.85. The smallest absolute Gasteiger partial charge is 0.262 e. The van der Waals surface area contributed by atoms with E-state index in [1.807, 2.05) is 6.07 Å². The van der Waals surface area contributed by atoms with Gasteiger partial charge in [-0.1, -0.05) is 6.07 Å². The minimum atomic E-state index is -0.927. The molecule has 3 aliphatic rings. The molecule has 4 rings (SSSR count). The van der Waals surface area contributed by atoms with Crippen molar-refractivity contribution in [1.29, 1.82) is 0 Å². The molecule has 148 valence electrons. The van der Waals surface area contributed by atoms with E-state index in [-0.39, 0.29) is 18.7 Å². The molecule has 0 bridgehead atoms. The second-order valence-electron chi connectivity index (χ2n) is 7.99. The monoisotopic (exact) mass is 384 g/mol. The van der Waals surface area contributed by atoms with Gasteiger partial charge in [0.05, 0.1) is 11.1 Å². The summed E-state index contributed by atoms with van der Waals surface area (Å²) < 4.78 is 0. The van der Waals surface area contributed by atoms with E-state index in [2.05, 4.69) is 29.4 Å². The van der Waals surface area contributed by atoms with Crippen LogP contribution in [-0.4, -0.2) is 64.6 Å². The topological polar surface area (TPSA) is 98.8 Å². The molecule has 0 aliphatic carbocycles. The maximum atomic E-state index is 12.9. The highest BCUT2D eigenvalue weighted by atomic mass is 16.2.